The molecule has 0 radical (unpaired) electrons. The van der Waals surface area contributed by atoms with E-state index in [1.54, 1.807) is 4.68 Å². The van der Waals surface area contributed by atoms with Crippen molar-refractivity contribution in [2.24, 2.45) is 0 Å². The molecule has 0 saturated heterocycles. The predicted molar refractivity (Wildman–Crippen MR) is 72.8 cm³/mol. The molecule has 0 aliphatic heterocycles. The smallest absolute Gasteiger partial charge is 0.341 e. The number of fused-ring (bicyclic) bond motifs is 1. The van der Waals surface area contributed by atoms with Gasteiger partial charge in [0.05, 0.1) is 29.2 Å². The highest BCUT2D eigenvalue weighted by atomic mass is 32.1. The van der Waals surface area contributed by atoms with Gasteiger partial charge < -0.3 is 4.74 Å². The van der Waals surface area contributed by atoms with Crippen LogP contribution in [0.15, 0.2) is 30.5 Å². The van der Waals surface area contributed by atoms with E-state index in [0.29, 0.717) is 5.56 Å². The molecule has 1 aromatic carbocycles. The van der Waals surface area contributed by atoms with E-state index in [1.165, 1.54) is 24.6 Å². The second-order valence-corrected chi connectivity index (χ2v) is 5.02. The van der Waals surface area contributed by atoms with Crippen LogP contribution in [0, 0.1) is 6.92 Å². The average molecular weight is 273 g/mol. The van der Waals surface area contributed by atoms with Gasteiger partial charge in [-0.15, -0.1) is 0 Å². The largest absolute Gasteiger partial charge is 0.465 e. The van der Waals surface area contributed by atoms with Gasteiger partial charge in [0, 0.05) is 0 Å². The lowest BCUT2D eigenvalue weighted by molar-refractivity contribution is 0.0600. The van der Waals surface area contributed by atoms with Gasteiger partial charge in [-0.05, 0) is 19.1 Å². The van der Waals surface area contributed by atoms with Gasteiger partial charge in [0.2, 0.25) is 5.13 Å². The quantitative estimate of drug-likeness (QED) is 0.673. The summed E-state index contributed by atoms with van der Waals surface area (Å²) in [5.41, 5.74) is 2.12. The summed E-state index contributed by atoms with van der Waals surface area (Å²) in [4.78, 5) is 16.1. The molecule has 0 spiro atoms. The molecule has 2 heterocycles. The van der Waals surface area contributed by atoms with Gasteiger partial charge in [-0.1, -0.05) is 23.5 Å². The Morgan fingerprint density at radius 2 is 2.16 bits per heavy atom. The van der Waals surface area contributed by atoms with Crippen LogP contribution in [-0.2, 0) is 4.74 Å². The van der Waals surface area contributed by atoms with E-state index in [2.05, 4.69) is 10.1 Å². The summed E-state index contributed by atoms with van der Waals surface area (Å²) < 4.78 is 7.47. The summed E-state index contributed by atoms with van der Waals surface area (Å²) in [6.07, 6.45) is 1.51. The van der Waals surface area contributed by atoms with Gasteiger partial charge in [0.1, 0.15) is 5.56 Å². The second-order valence-electron chi connectivity index (χ2n) is 4.01. The van der Waals surface area contributed by atoms with Crippen LogP contribution in [0.3, 0.4) is 0 Å². The maximum Gasteiger partial charge on any atom is 0.341 e. The molecule has 5 nitrogen and oxygen atoms in total. The number of para-hydroxylation sites is 1. The number of rotatable bonds is 2. The number of esters is 1. The third-order valence-corrected chi connectivity index (χ3v) is 3.89. The van der Waals surface area contributed by atoms with Crippen molar-refractivity contribution in [1.82, 2.24) is 14.8 Å². The molecule has 0 N–H and O–H groups in total. The molecule has 0 fully saturated rings. The number of carbonyl (C=O) groups excluding carboxylic acids is 1. The summed E-state index contributed by atoms with van der Waals surface area (Å²) in [6, 6.07) is 7.88. The van der Waals surface area contributed by atoms with Crippen LogP contribution in [0.4, 0.5) is 0 Å². The minimum Gasteiger partial charge on any atom is -0.465 e. The lowest BCUT2D eigenvalue weighted by Crippen LogP contribution is -2.04. The molecule has 0 aliphatic carbocycles. The van der Waals surface area contributed by atoms with E-state index in [0.717, 1.165) is 21.0 Å². The third kappa shape index (κ3) is 1.90. The van der Waals surface area contributed by atoms with Crippen molar-refractivity contribution in [2.75, 3.05) is 7.11 Å². The van der Waals surface area contributed by atoms with E-state index in [-0.39, 0.29) is 5.97 Å². The van der Waals surface area contributed by atoms with Crippen molar-refractivity contribution in [3.63, 3.8) is 0 Å². The summed E-state index contributed by atoms with van der Waals surface area (Å²) in [6.45, 7) is 1.82. The minimum absolute atomic E-state index is 0.384. The first-order valence-electron chi connectivity index (χ1n) is 5.69. The number of nitrogens with zero attached hydrogens (tertiary/aromatic N) is 3. The van der Waals surface area contributed by atoms with Crippen molar-refractivity contribution in [2.45, 2.75) is 6.92 Å². The Hall–Kier alpha value is -2.21. The molecule has 0 amide bonds. The molecular formula is C13H11N3O2S. The van der Waals surface area contributed by atoms with Crippen LogP contribution in [0.25, 0.3) is 15.3 Å². The van der Waals surface area contributed by atoms with E-state index in [9.17, 15) is 4.79 Å². The molecule has 6 heteroatoms. The molecule has 3 aromatic rings. The SMILES string of the molecule is COC(=O)c1cnn(-c2nc3ccccc3s2)c1C. The lowest BCUT2D eigenvalue weighted by atomic mass is 10.3. The maximum atomic E-state index is 11.6. The molecule has 3 rings (SSSR count). The van der Waals surface area contributed by atoms with E-state index < -0.39 is 0 Å². The number of benzene rings is 1. The Bertz CT molecular complexity index is 727. The van der Waals surface area contributed by atoms with E-state index >= 15 is 0 Å². The zero-order chi connectivity index (χ0) is 13.4. The summed E-state index contributed by atoms with van der Waals surface area (Å²) in [7, 11) is 1.36. The highest BCUT2D eigenvalue weighted by Crippen LogP contribution is 2.25. The van der Waals surface area contributed by atoms with Gasteiger partial charge in [0.25, 0.3) is 0 Å². The van der Waals surface area contributed by atoms with Gasteiger partial charge in [0.15, 0.2) is 0 Å². The van der Waals surface area contributed by atoms with Crippen LogP contribution < -0.4 is 0 Å². The molecule has 0 unspecified atom stereocenters. The molecular weight excluding hydrogens is 262 g/mol. The highest BCUT2D eigenvalue weighted by Gasteiger charge is 2.17. The van der Waals surface area contributed by atoms with Gasteiger partial charge in [-0.25, -0.2) is 14.5 Å². The first-order valence-corrected chi connectivity index (χ1v) is 6.51. The van der Waals surface area contributed by atoms with E-state index in [1.807, 2.05) is 31.2 Å². The highest BCUT2D eigenvalue weighted by molar-refractivity contribution is 7.20. The van der Waals surface area contributed by atoms with Gasteiger partial charge in [-0.2, -0.15) is 5.10 Å². The summed E-state index contributed by atoms with van der Waals surface area (Å²) in [5, 5.41) is 4.96. The summed E-state index contributed by atoms with van der Waals surface area (Å²) >= 11 is 1.53. The topological polar surface area (TPSA) is 57.0 Å². The zero-order valence-corrected chi connectivity index (χ0v) is 11.3. The number of hydrogen-bond acceptors (Lipinski definition) is 5. The molecule has 0 bridgehead atoms. The molecule has 19 heavy (non-hydrogen) atoms. The fourth-order valence-electron chi connectivity index (χ4n) is 1.86. The average Bonchev–Trinajstić information content (AvgIpc) is 3.00. The standard InChI is InChI=1S/C13H11N3O2S/c1-8-9(12(17)18-2)7-14-16(8)13-15-10-5-3-4-6-11(10)19-13/h3-7H,1-2H3. The van der Waals surface area contributed by atoms with Crippen LogP contribution >= 0.6 is 11.3 Å². The Morgan fingerprint density at radius 3 is 2.89 bits per heavy atom. The van der Waals surface area contributed by atoms with E-state index in [4.69, 9.17) is 4.74 Å². The van der Waals surface area contributed by atoms with Gasteiger partial charge in [-0.3, -0.25) is 0 Å². The molecule has 0 saturated carbocycles. The second kappa shape index (κ2) is 4.47. The Morgan fingerprint density at radius 1 is 1.37 bits per heavy atom. The normalized spacial score (nSPS) is 10.8. The monoisotopic (exact) mass is 273 g/mol. The van der Waals surface area contributed by atoms with Crippen molar-refractivity contribution in [3.8, 4) is 5.13 Å². The third-order valence-electron chi connectivity index (χ3n) is 2.88. The van der Waals surface area contributed by atoms with Crippen LogP contribution in [0.5, 0.6) is 0 Å². The van der Waals surface area contributed by atoms with Crippen LogP contribution in [0.2, 0.25) is 0 Å². The van der Waals surface area contributed by atoms with Crippen LogP contribution in [0.1, 0.15) is 16.1 Å². The number of thiazole rings is 1. The Kier molecular flexibility index (Phi) is 2.79. The zero-order valence-electron chi connectivity index (χ0n) is 10.5. The Labute approximate surface area is 113 Å². The lowest BCUT2D eigenvalue weighted by Gasteiger charge is -2.00. The molecule has 0 atom stereocenters. The first-order chi connectivity index (χ1) is 9.20. The minimum atomic E-state index is -0.384. The first kappa shape index (κ1) is 11.9. The number of ether oxygens (including phenoxy) is 1. The fraction of sp³-hybridized carbons (Fsp3) is 0.154. The van der Waals surface area contributed by atoms with Crippen molar-refractivity contribution in [3.05, 3.63) is 41.7 Å². The fourth-order valence-corrected chi connectivity index (χ4v) is 2.84. The van der Waals surface area contributed by atoms with Crippen LogP contribution in [-0.4, -0.2) is 27.8 Å². The number of carbonyl (C=O) groups is 1. The number of hydrogen-bond donors (Lipinski definition) is 0. The van der Waals surface area contributed by atoms with Crippen molar-refractivity contribution < 1.29 is 9.53 Å². The molecule has 0 aliphatic rings. The molecule has 96 valence electrons. The molecule has 2 aromatic heterocycles. The number of aromatic nitrogens is 3. The predicted octanol–water partition coefficient (Wildman–Crippen LogP) is 2.58. The summed E-state index contributed by atoms with van der Waals surface area (Å²) in [5.74, 6) is -0.384. The Balaban J connectivity index is 2.11. The number of methoxy groups -OCH3 is 1. The van der Waals surface area contributed by atoms with Gasteiger partial charge >= 0.3 is 5.97 Å². The maximum absolute atomic E-state index is 11.6. The van der Waals surface area contributed by atoms with Crippen molar-refractivity contribution >= 4 is 27.5 Å². The van der Waals surface area contributed by atoms with Crippen molar-refractivity contribution in [1.29, 1.82) is 0 Å².